The van der Waals surface area contributed by atoms with Crippen molar-refractivity contribution in [3.63, 3.8) is 0 Å². The number of hydrogen-bond donors (Lipinski definition) is 0. The fourth-order valence-corrected chi connectivity index (χ4v) is 2.68. The molecule has 7 heteroatoms. The van der Waals surface area contributed by atoms with Crippen LogP contribution in [0.25, 0.3) is 0 Å². The van der Waals surface area contributed by atoms with Crippen LogP contribution in [0.3, 0.4) is 0 Å². The van der Waals surface area contributed by atoms with Gasteiger partial charge in [-0.25, -0.2) is 0 Å². The number of quaternary nitrogens is 2. The molecule has 0 aromatic rings. The first-order valence-corrected chi connectivity index (χ1v) is 16.4. The van der Waals surface area contributed by atoms with Gasteiger partial charge in [0.25, 0.3) is 0 Å². The third-order valence-electron chi connectivity index (χ3n) is 5.37. The van der Waals surface area contributed by atoms with Gasteiger partial charge in [-0.2, -0.15) is 0 Å². The Balaban J connectivity index is -0.0000000746. The summed E-state index contributed by atoms with van der Waals surface area (Å²) in [5, 5.41) is 0. The van der Waals surface area contributed by atoms with Crippen LogP contribution < -0.4 is 0 Å². The zero-order valence-corrected chi connectivity index (χ0v) is 23.0. The molecule has 0 aliphatic rings. The Labute approximate surface area is 177 Å². The van der Waals surface area contributed by atoms with E-state index >= 15 is 0 Å². The molecule has 0 radical (unpaired) electrons. The Morgan fingerprint density at radius 1 is 0.478 bits per heavy atom. The summed E-state index contributed by atoms with van der Waals surface area (Å²) in [6, 6.07) is 0. The summed E-state index contributed by atoms with van der Waals surface area (Å²) in [5.74, 6) is 0. The Kier molecular flexibility index (Phi) is 37.0. The molecule has 0 N–H and O–H groups in total. The Morgan fingerprint density at radius 3 is 0.565 bits per heavy atom. The normalized spacial score (nSPS) is 9.91. The van der Waals surface area contributed by atoms with E-state index in [0.717, 1.165) is 0 Å². The topological polar surface area (TPSA) is 0 Å². The molecule has 0 bridgehead atoms. The van der Waals surface area contributed by atoms with E-state index in [0.29, 0.717) is 0 Å². The van der Waals surface area contributed by atoms with Gasteiger partial charge in [0.15, 0.2) is 0 Å². The Hall–Kier alpha value is 1.75. The fourth-order valence-electron chi connectivity index (χ4n) is 2.68. The van der Waals surface area contributed by atoms with Crippen molar-refractivity contribution in [2.24, 2.45) is 0 Å². The van der Waals surface area contributed by atoms with E-state index in [2.05, 4.69) is 75.0 Å². The minimum absolute atomic E-state index is 0. The van der Waals surface area contributed by atoms with Crippen molar-refractivity contribution in [2.45, 2.75) is 55.4 Å². The zero-order chi connectivity index (χ0) is 17.4. The van der Waals surface area contributed by atoms with Gasteiger partial charge in [-0.15, -0.1) is 0 Å². The molecule has 146 valence electrons. The standard InChI is InChI=1S/2C8H20N.2H2S.2S.W/c2*1-5-9(6-2,7-3)8-4;;;;;/h2*5-8H2,1-4H3;2*1H2;;;/q2*+1;;;;;/p-2. The van der Waals surface area contributed by atoms with Crippen LogP contribution in [0.5, 0.6) is 0 Å². The first-order chi connectivity index (χ1) is 9.90. The molecular formula is C16H42N2S4W. The van der Waals surface area contributed by atoms with Crippen molar-refractivity contribution in [1.82, 2.24) is 0 Å². The van der Waals surface area contributed by atoms with Gasteiger partial charge >= 0.3 is 34.6 Å². The molecule has 0 amide bonds. The van der Waals surface area contributed by atoms with Crippen LogP contribution in [0.4, 0.5) is 0 Å². The van der Waals surface area contributed by atoms with Crippen LogP contribution in [0.1, 0.15) is 55.4 Å². The molecule has 0 unspecified atom stereocenters. The first kappa shape index (κ1) is 35.8. The van der Waals surface area contributed by atoms with E-state index in [-0.39, 0.29) is 27.0 Å². The van der Waals surface area contributed by atoms with Gasteiger partial charge in [-0.3, -0.25) is 0 Å². The second kappa shape index (κ2) is 23.7. The van der Waals surface area contributed by atoms with E-state index in [1.807, 2.05) is 0 Å². The summed E-state index contributed by atoms with van der Waals surface area (Å²) >= 11 is -0.583. The molecule has 0 saturated carbocycles. The summed E-state index contributed by atoms with van der Waals surface area (Å²) in [4.78, 5) is 0. The van der Waals surface area contributed by atoms with E-state index in [9.17, 15) is 0 Å². The molecule has 0 atom stereocenters. The summed E-state index contributed by atoms with van der Waals surface area (Å²) in [7, 11) is 8.75. The van der Waals surface area contributed by atoms with Crippen LogP contribution in [-0.2, 0) is 41.9 Å². The predicted octanol–water partition coefficient (Wildman–Crippen LogP) is 4.52. The molecule has 0 aromatic carbocycles. The van der Waals surface area contributed by atoms with Gasteiger partial charge in [0.1, 0.15) is 0 Å². The number of thiol groups is 2. The molecule has 23 heavy (non-hydrogen) atoms. The third kappa shape index (κ3) is 16.9. The molecule has 0 aliphatic carbocycles. The van der Waals surface area contributed by atoms with Crippen LogP contribution in [0.15, 0.2) is 0 Å². The average Bonchev–Trinajstić information content (AvgIpc) is 2.54. The SMILES string of the molecule is CC[N+](CC)(CC)CC.CC[N+](CC)(CC)CC.[SH-].[SH-].[S]=[W]=[S]. The van der Waals surface area contributed by atoms with Crippen LogP contribution in [-0.4, -0.2) is 61.3 Å². The van der Waals surface area contributed by atoms with Crippen molar-refractivity contribution in [3.8, 4) is 0 Å². The van der Waals surface area contributed by atoms with Crippen LogP contribution >= 0.6 is 19.6 Å². The van der Waals surface area contributed by atoms with Crippen molar-refractivity contribution in [3.05, 3.63) is 0 Å². The molecule has 0 fully saturated rings. The van der Waals surface area contributed by atoms with E-state index < -0.39 is 14.9 Å². The van der Waals surface area contributed by atoms with Crippen LogP contribution in [0.2, 0.25) is 0 Å². The molecule has 0 spiro atoms. The first-order valence-electron chi connectivity index (χ1n) is 8.52. The Morgan fingerprint density at radius 2 is 0.565 bits per heavy atom. The molecule has 0 saturated heterocycles. The number of rotatable bonds is 8. The van der Waals surface area contributed by atoms with Gasteiger partial charge in [-0.05, 0) is 55.4 Å². The quantitative estimate of drug-likeness (QED) is 0.238. The van der Waals surface area contributed by atoms with E-state index in [4.69, 9.17) is 0 Å². The van der Waals surface area contributed by atoms with Crippen molar-refractivity contribution < 1.29 is 23.9 Å². The average molecular weight is 575 g/mol. The van der Waals surface area contributed by atoms with Crippen LogP contribution in [0, 0.1) is 0 Å². The minimum atomic E-state index is -0.583. The fraction of sp³-hybridized carbons (Fsp3) is 1.00. The summed E-state index contributed by atoms with van der Waals surface area (Å²) in [6.07, 6.45) is 0. The van der Waals surface area contributed by atoms with Gasteiger partial charge in [0.05, 0.1) is 52.4 Å². The van der Waals surface area contributed by atoms with Gasteiger partial charge in [0.2, 0.25) is 0 Å². The van der Waals surface area contributed by atoms with Crippen molar-refractivity contribution in [1.29, 1.82) is 0 Å². The van der Waals surface area contributed by atoms with Crippen molar-refractivity contribution >= 4 is 46.6 Å². The Bertz CT molecular complexity index is 197. The van der Waals surface area contributed by atoms with Gasteiger partial charge in [0, 0.05) is 0 Å². The second-order valence-corrected chi connectivity index (χ2v) is 10.2. The molecule has 0 rings (SSSR count). The van der Waals surface area contributed by atoms with E-state index in [1.165, 1.54) is 61.3 Å². The van der Waals surface area contributed by atoms with E-state index in [1.54, 1.807) is 0 Å². The number of nitrogens with zero attached hydrogens (tertiary/aromatic N) is 2. The zero-order valence-electron chi connectivity index (χ0n) is 16.7. The second-order valence-electron chi connectivity index (χ2n) is 5.28. The molecule has 0 heterocycles. The number of hydrogen-bond acceptors (Lipinski definition) is 4. The molecule has 0 aromatic heterocycles. The molecule has 2 nitrogen and oxygen atoms in total. The summed E-state index contributed by atoms with van der Waals surface area (Å²) < 4.78 is 2.56. The van der Waals surface area contributed by atoms with Gasteiger partial charge < -0.3 is 36.0 Å². The predicted molar refractivity (Wildman–Crippen MR) is 118 cm³/mol. The van der Waals surface area contributed by atoms with Crippen molar-refractivity contribution in [2.75, 3.05) is 52.4 Å². The third-order valence-corrected chi connectivity index (χ3v) is 5.37. The maximum absolute atomic E-state index is 4.38. The van der Waals surface area contributed by atoms with Gasteiger partial charge in [-0.1, -0.05) is 0 Å². The maximum atomic E-state index is 4.38. The summed E-state index contributed by atoms with van der Waals surface area (Å²) in [6.45, 7) is 28.4. The molecular weight excluding hydrogens is 532 g/mol. The molecule has 0 aliphatic heterocycles. The summed E-state index contributed by atoms with van der Waals surface area (Å²) in [5.41, 5.74) is 0. The monoisotopic (exact) mass is 574 g/mol.